The molecule has 0 bridgehead atoms. The van der Waals surface area contributed by atoms with Gasteiger partial charge in [0.05, 0.1) is 6.04 Å². The summed E-state index contributed by atoms with van der Waals surface area (Å²) >= 11 is 5.80. The summed E-state index contributed by atoms with van der Waals surface area (Å²) in [5.74, 6) is 0.789. The Kier molecular flexibility index (Phi) is 5.67. The Hall–Kier alpha value is -2.20. The molecule has 0 heterocycles. The van der Waals surface area contributed by atoms with E-state index in [1.54, 1.807) is 24.3 Å². The van der Waals surface area contributed by atoms with Crippen LogP contribution in [0.2, 0.25) is 5.02 Å². The maximum absolute atomic E-state index is 11.9. The van der Waals surface area contributed by atoms with Crippen LogP contribution in [0.15, 0.2) is 48.5 Å². The molecule has 1 unspecified atom stereocenters. The van der Waals surface area contributed by atoms with Crippen molar-refractivity contribution in [2.24, 2.45) is 0 Å². The lowest BCUT2D eigenvalue weighted by Gasteiger charge is -2.15. The molecule has 1 atom stereocenters. The van der Waals surface area contributed by atoms with Gasteiger partial charge in [-0.2, -0.15) is 0 Å². The van der Waals surface area contributed by atoms with Crippen molar-refractivity contribution in [1.82, 2.24) is 5.32 Å². The highest BCUT2D eigenvalue weighted by Gasteiger charge is 2.08. The Morgan fingerprint density at radius 3 is 2.41 bits per heavy atom. The number of urea groups is 1. The van der Waals surface area contributed by atoms with Gasteiger partial charge < -0.3 is 15.4 Å². The highest BCUT2D eigenvalue weighted by molar-refractivity contribution is 6.30. The van der Waals surface area contributed by atoms with Gasteiger partial charge >= 0.3 is 6.03 Å². The molecule has 5 heteroatoms. The number of benzene rings is 2. The summed E-state index contributed by atoms with van der Waals surface area (Å²) in [6.07, 6.45) is 0. The van der Waals surface area contributed by atoms with Gasteiger partial charge in [0.1, 0.15) is 12.4 Å². The number of hydrogen-bond acceptors (Lipinski definition) is 2. The molecule has 0 aromatic heterocycles. The molecule has 0 fully saturated rings. The normalized spacial score (nSPS) is 11.6. The molecule has 0 aliphatic carbocycles. The number of ether oxygens (including phenoxy) is 1. The zero-order chi connectivity index (χ0) is 15.9. The molecular formula is C17H19ClN2O2. The van der Waals surface area contributed by atoms with Crippen LogP contribution in [0.1, 0.15) is 12.5 Å². The predicted octanol–water partition coefficient (Wildman–Crippen LogP) is 4.24. The topological polar surface area (TPSA) is 50.4 Å². The van der Waals surface area contributed by atoms with Crippen LogP contribution in [0.5, 0.6) is 5.75 Å². The minimum Gasteiger partial charge on any atom is -0.491 e. The Labute approximate surface area is 135 Å². The number of carbonyl (C=O) groups excluding carboxylic acids is 1. The molecule has 2 aromatic carbocycles. The number of amides is 2. The highest BCUT2D eigenvalue weighted by Crippen LogP contribution is 2.13. The fourth-order valence-corrected chi connectivity index (χ4v) is 1.95. The first-order chi connectivity index (χ1) is 10.5. The van der Waals surface area contributed by atoms with Crippen molar-refractivity contribution in [3.05, 3.63) is 59.1 Å². The van der Waals surface area contributed by atoms with Crippen molar-refractivity contribution in [1.29, 1.82) is 0 Å². The molecule has 0 saturated heterocycles. The number of halogens is 1. The van der Waals surface area contributed by atoms with Gasteiger partial charge in [0.15, 0.2) is 0 Å². The molecule has 116 valence electrons. The maximum Gasteiger partial charge on any atom is 0.319 e. The van der Waals surface area contributed by atoms with Crippen molar-refractivity contribution >= 4 is 23.3 Å². The van der Waals surface area contributed by atoms with Crippen LogP contribution in [-0.2, 0) is 0 Å². The summed E-state index contributed by atoms with van der Waals surface area (Å²) in [6, 6.07) is 14.3. The van der Waals surface area contributed by atoms with E-state index >= 15 is 0 Å². The van der Waals surface area contributed by atoms with Crippen LogP contribution in [0.4, 0.5) is 10.5 Å². The van der Waals surface area contributed by atoms with Crippen LogP contribution in [0.25, 0.3) is 0 Å². The van der Waals surface area contributed by atoms with E-state index in [4.69, 9.17) is 16.3 Å². The quantitative estimate of drug-likeness (QED) is 0.866. The lowest BCUT2D eigenvalue weighted by atomic mass is 10.2. The van der Waals surface area contributed by atoms with Crippen LogP contribution < -0.4 is 15.4 Å². The second-order valence-electron chi connectivity index (χ2n) is 5.13. The summed E-state index contributed by atoms with van der Waals surface area (Å²) in [5.41, 5.74) is 1.87. The van der Waals surface area contributed by atoms with Crippen molar-refractivity contribution in [3.8, 4) is 5.75 Å². The smallest absolute Gasteiger partial charge is 0.319 e. The van der Waals surface area contributed by atoms with Gasteiger partial charge in [0, 0.05) is 10.7 Å². The van der Waals surface area contributed by atoms with Crippen LogP contribution in [-0.4, -0.2) is 18.7 Å². The summed E-state index contributed by atoms with van der Waals surface area (Å²) < 4.78 is 5.63. The van der Waals surface area contributed by atoms with E-state index in [-0.39, 0.29) is 12.1 Å². The largest absolute Gasteiger partial charge is 0.491 e. The lowest BCUT2D eigenvalue weighted by molar-refractivity contribution is 0.236. The standard InChI is InChI=1S/C17H19ClN2O2/c1-12-3-9-16(10-4-12)22-11-13(2)19-17(21)20-15-7-5-14(18)6-8-15/h3-10,13H,11H2,1-2H3,(H2,19,20,21). The van der Waals surface area contributed by atoms with Gasteiger partial charge in [-0.05, 0) is 50.2 Å². The summed E-state index contributed by atoms with van der Waals surface area (Å²) in [5, 5.41) is 6.19. The average molecular weight is 319 g/mol. The summed E-state index contributed by atoms with van der Waals surface area (Å²) in [4.78, 5) is 11.9. The lowest BCUT2D eigenvalue weighted by Crippen LogP contribution is -2.39. The van der Waals surface area contributed by atoms with E-state index in [1.807, 2.05) is 38.1 Å². The minimum atomic E-state index is -0.276. The van der Waals surface area contributed by atoms with E-state index in [0.717, 1.165) is 5.75 Å². The highest BCUT2D eigenvalue weighted by atomic mass is 35.5. The predicted molar refractivity (Wildman–Crippen MR) is 89.7 cm³/mol. The van der Waals surface area contributed by atoms with E-state index in [0.29, 0.717) is 17.3 Å². The molecule has 0 aliphatic heterocycles. The van der Waals surface area contributed by atoms with Gasteiger partial charge in [0.25, 0.3) is 0 Å². The molecule has 0 spiro atoms. The van der Waals surface area contributed by atoms with E-state index < -0.39 is 0 Å². The van der Waals surface area contributed by atoms with Gasteiger partial charge in [0.2, 0.25) is 0 Å². The molecule has 0 saturated carbocycles. The van der Waals surface area contributed by atoms with E-state index in [1.165, 1.54) is 5.56 Å². The first kappa shape index (κ1) is 16.2. The Morgan fingerprint density at radius 1 is 1.14 bits per heavy atom. The fourth-order valence-electron chi connectivity index (χ4n) is 1.82. The molecule has 2 N–H and O–H groups in total. The first-order valence-corrected chi connectivity index (χ1v) is 7.43. The Balaban J connectivity index is 1.76. The summed E-state index contributed by atoms with van der Waals surface area (Å²) in [7, 11) is 0. The minimum absolute atomic E-state index is 0.117. The maximum atomic E-state index is 11.9. The number of anilines is 1. The molecule has 22 heavy (non-hydrogen) atoms. The first-order valence-electron chi connectivity index (χ1n) is 7.05. The molecule has 4 nitrogen and oxygen atoms in total. The zero-order valence-electron chi connectivity index (χ0n) is 12.6. The van der Waals surface area contributed by atoms with Crippen molar-refractivity contribution < 1.29 is 9.53 Å². The number of rotatable bonds is 5. The Morgan fingerprint density at radius 2 is 1.77 bits per heavy atom. The van der Waals surface area contributed by atoms with Crippen molar-refractivity contribution in [2.45, 2.75) is 19.9 Å². The summed E-state index contributed by atoms with van der Waals surface area (Å²) in [6.45, 7) is 4.31. The van der Waals surface area contributed by atoms with E-state index in [2.05, 4.69) is 10.6 Å². The molecule has 2 amide bonds. The third-order valence-electron chi connectivity index (χ3n) is 3.00. The van der Waals surface area contributed by atoms with Gasteiger partial charge in [-0.3, -0.25) is 0 Å². The molecule has 0 aliphatic rings. The second-order valence-corrected chi connectivity index (χ2v) is 5.57. The molecule has 0 radical (unpaired) electrons. The van der Waals surface area contributed by atoms with Crippen molar-refractivity contribution in [2.75, 3.05) is 11.9 Å². The SMILES string of the molecule is Cc1ccc(OCC(C)NC(=O)Nc2ccc(Cl)cc2)cc1. The Bertz CT molecular complexity index is 612. The van der Waals surface area contributed by atoms with Crippen LogP contribution in [0, 0.1) is 6.92 Å². The van der Waals surface area contributed by atoms with Gasteiger partial charge in [-0.1, -0.05) is 29.3 Å². The molecule has 2 rings (SSSR count). The number of aryl methyl sites for hydroxylation is 1. The van der Waals surface area contributed by atoms with E-state index in [9.17, 15) is 4.79 Å². The zero-order valence-corrected chi connectivity index (χ0v) is 13.4. The molecular weight excluding hydrogens is 300 g/mol. The number of nitrogens with one attached hydrogen (secondary N) is 2. The van der Waals surface area contributed by atoms with Gasteiger partial charge in [-0.15, -0.1) is 0 Å². The van der Waals surface area contributed by atoms with Crippen molar-refractivity contribution in [3.63, 3.8) is 0 Å². The van der Waals surface area contributed by atoms with Crippen LogP contribution >= 0.6 is 11.6 Å². The second kappa shape index (κ2) is 7.71. The number of carbonyl (C=O) groups is 1. The number of hydrogen-bond donors (Lipinski definition) is 2. The third kappa shape index (κ3) is 5.30. The molecule has 2 aromatic rings. The fraction of sp³-hybridized carbons (Fsp3) is 0.235. The van der Waals surface area contributed by atoms with Gasteiger partial charge in [-0.25, -0.2) is 4.79 Å². The average Bonchev–Trinajstić information content (AvgIpc) is 2.49. The van der Waals surface area contributed by atoms with Crippen LogP contribution in [0.3, 0.4) is 0 Å². The monoisotopic (exact) mass is 318 g/mol. The third-order valence-corrected chi connectivity index (χ3v) is 3.25.